The van der Waals surface area contributed by atoms with Crippen LogP contribution in [0.5, 0.6) is 0 Å². The van der Waals surface area contributed by atoms with Gasteiger partial charge in [0.1, 0.15) is 0 Å². The van der Waals surface area contributed by atoms with Gasteiger partial charge >= 0.3 is 12.0 Å². The fraction of sp³-hybridized carbons (Fsp3) is 0.286. The highest BCUT2D eigenvalue weighted by atomic mass is 16.5. The van der Waals surface area contributed by atoms with Crippen molar-refractivity contribution >= 4 is 29.3 Å². The molecule has 0 saturated carbocycles. The normalized spacial score (nSPS) is 11.6. The molecule has 0 bridgehead atoms. The summed E-state index contributed by atoms with van der Waals surface area (Å²) in [5, 5.41) is 5.27. The number of amides is 3. The zero-order valence-corrected chi connectivity index (χ0v) is 16.4. The second-order valence-electron chi connectivity index (χ2n) is 6.80. The summed E-state index contributed by atoms with van der Waals surface area (Å²) >= 11 is 0. The molecule has 0 radical (unpaired) electrons. The van der Waals surface area contributed by atoms with Gasteiger partial charge in [-0.05, 0) is 55.2 Å². The lowest BCUT2D eigenvalue weighted by Gasteiger charge is -2.19. The number of anilines is 2. The lowest BCUT2D eigenvalue weighted by Crippen LogP contribution is -2.30. The van der Waals surface area contributed by atoms with Gasteiger partial charge in [-0.3, -0.25) is 4.79 Å². The van der Waals surface area contributed by atoms with Gasteiger partial charge in [0.05, 0.1) is 5.56 Å². The molecule has 148 valence electrons. The highest BCUT2D eigenvalue weighted by molar-refractivity contribution is 5.98. The first kappa shape index (κ1) is 21.0. The van der Waals surface area contributed by atoms with Crippen LogP contribution in [0.3, 0.4) is 0 Å². The summed E-state index contributed by atoms with van der Waals surface area (Å²) in [7, 11) is 0. The molecule has 2 aromatic rings. The molecule has 0 aliphatic carbocycles. The summed E-state index contributed by atoms with van der Waals surface area (Å²) in [6.07, 6.45) is -0.976. The maximum Gasteiger partial charge on any atom is 0.338 e. The fourth-order valence-corrected chi connectivity index (χ4v) is 2.68. The van der Waals surface area contributed by atoms with Gasteiger partial charge in [-0.25, -0.2) is 9.59 Å². The van der Waals surface area contributed by atoms with Gasteiger partial charge in [0.25, 0.3) is 5.91 Å². The quantitative estimate of drug-likeness (QED) is 0.659. The molecule has 0 spiro atoms. The molecule has 0 heterocycles. The number of carbonyl (C=O) groups is 3. The average molecular weight is 383 g/mol. The largest absolute Gasteiger partial charge is 0.449 e. The van der Waals surface area contributed by atoms with Gasteiger partial charge in [0, 0.05) is 11.4 Å². The standard InChI is InChI=1S/C21H25N3O4/c1-12(2)17-7-5-6-13(3)18(17)24-19(25)14(4)28-20(26)15-8-10-16(11-9-15)23-21(22)27/h5-12,14H,1-4H3,(H,24,25)(H3,22,23,27). The van der Waals surface area contributed by atoms with E-state index in [0.29, 0.717) is 5.69 Å². The molecule has 0 saturated heterocycles. The number of hydrogen-bond donors (Lipinski definition) is 3. The van der Waals surface area contributed by atoms with Crippen LogP contribution in [0.25, 0.3) is 0 Å². The Morgan fingerprint density at radius 2 is 1.61 bits per heavy atom. The number of nitrogens with one attached hydrogen (secondary N) is 2. The third kappa shape index (κ3) is 5.33. The molecule has 0 aliphatic rings. The van der Waals surface area contributed by atoms with E-state index in [1.807, 2.05) is 39.0 Å². The van der Waals surface area contributed by atoms with Crippen LogP contribution in [0.1, 0.15) is 48.2 Å². The number of benzene rings is 2. The van der Waals surface area contributed by atoms with Crippen molar-refractivity contribution in [3.8, 4) is 0 Å². The van der Waals surface area contributed by atoms with Crippen LogP contribution in [0.2, 0.25) is 0 Å². The molecule has 2 aromatic carbocycles. The third-order valence-electron chi connectivity index (χ3n) is 4.22. The third-order valence-corrected chi connectivity index (χ3v) is 4.22. The first-order chi connectivity index (χ1) is 13.2. The second kappa shape index (κ2) is 9.03. The molecule has 3 amide bonds. The van der Waals surface area contributed by atoms with Crippen molar-refractivity contribution in [1.82, 2.24) is 0 Å². The Morgan fingerprint density at radius 3 is 2.18 bits per heavy atom. The van der Waals surface area contributed by atoms with Crippen LogP contribution in [0.15, 0.2) is 42.5 Å². The maximum atomic E-state index is 12.5. The Balaban J connectivity index is 2.04. The number of nitrogens with two attached hydrogens (primary N) is 1. The number of aryl methyl sites for hydroxylation is 1. The van der Waals surface area contributed by atoms with Crippen LogP contribution < -0.4 is 16.4 Å². The summed E-state index contributed by atoms with van der Waals surface area (Å²) in [6.45, 7) is 7.53. The highest BCUT2D eigenvalue weighted by Crippen LogP contribution is 2.27. The molecule has 0 aliphatic heterocycles. The van der Waals surface area contributed by atoms with Gasteiger partial charge in [0.2, 0.25) is 0 Å². The van der Waals surface area contributed by atoms with Crippen molar-refractivity contribution in [2.24, 2.45) is 5.73 Å². The van der Waals surface area contributed by atoms with Crippen molar-refractivity contribution in [1.29, 1.82) is 0 Å². The SMILES string of the molecule is Cc1cccc(C(C)C)c1NC(=O)C(C)OC(=O)c1ccc(NC(N)=O)cc1. The molecule has 28 heavy (non-hydrogen) atoms. The number of hydrogen-bond acceptors (Lipinski definition) is 4. The van der Waals surface area contributed by atoms with E-state index < -0.39 is 24.0 Å². The predicted octanol–water partition coefficient (Wildman–Crippen LogP) is 3.79. The number of rotatable bonds is 6. The van der Waals surface area contributed by atoms with Gasteiger partial charge in [0.15, 0.2) is 6.10 Å². The number of esters is 1. The van der Waals surface area contributed by atoms with Crippen LogP contribution in [0, 0.1) is 6.92 Å². The molecule has 2 rings (SSSR count). The topological polar surface area (TPSA) is 111 Å². The van der Waals surface area contributed by atoms with E-state index in [1.54, 1.807) is 0 Å². The smallest absolute Gasteiger partial charge is 0.338 e. The zero-order chi connectivity index (χ0) is 20.8. The zero-order valence-electron chi connectivity index (χ0n) is 16.4. The molecule has 1 unspecified atom stereocenters. The van der Waals surface area contributed by atoms with Crippen LogP contribution in [0.4, 0.5) is 16.2 Å². The second-order valence-corrected chi connectivity index (χ2v) is 6.80. The molecule has 4 N–H and O–H groups in total. The summed E-state index contributed by atoms with van der Waals surface area (Å²) < 4.78 is 5.27. The lowest BCUT2D eigenvalue weighted by molar-refractivity contribution is -0.123. The highest BCUT2D eigenvalue weighted by Gasteiger charge is 2.21. The molecular formula is C21H25N3O4. The molecule has 0 aromatic heterocycles. The van der Waals surface area contributed by atoms with E-state index in [0.717, 1.165) is 16.8 Å². The number of primary amides is 1. The Kier molecular flexibility index (Phi) is 6.76. The summed E-state index contributed by atoms with van der Waals surface area (Å²) in [5.41, 5.74) is 8.45. The van der Waals surface area contributed by atoms with Gasteiger partial charge in [-0.2, -0.15) is 0 Å². The van der Waals surface area contributed by atoms with E-state index in [9.17, 15) is 14.4 Å². The van der Waals surface area contributed by atoms with Crippen LogP contribution >= 0.6 is 0 Å². The van der Waals surface area contributed by atoms with E-state index in [-0.39, 0.29) is 11.5 Å². The van der Waals surface area contributed by atoms with E-state index in [1.165, 1.54) is 31.2 Å². The van der Waals surface area contributed by atoms with Gasteiger partial charge in [-0.15, -0.1) is 0 Å². The molecule has 0 fully saturated rings. The fourth-order valence-electron chi connectivity index (χ4n) is 2.68. The van der Waals surface area contributed by atoms with E-state index in [2.05, 4.69) is 10.6 Å². The number of urea groups is 1. The minimum absolute atomic E-state index is 0.237. The Morgan fingerprint density at radius 1 is 0.964 bits per heavy atom. The summed E-state index contributed by atoms with van der Waals surface area (Å²) in [4.78, 5) is 35.6. The first-order valence-electron chi connectivity index (χ1n) is 8.97. The van der Waals surface area contributed by atoms with Crippen molar-refractivity contribution in [2.45, 2.75) is 39.7 Å². The van der Waals surface area contributed by atoms with E-state index in [4.69, 9.17) is 10.5 Å². The number of carbonyl (C=O) groups excluding carboxylic acids is 3. The van der Waals surface area contributed by atoms with Crippen LogP contribution in [-0.4, -0.2) is 24.0 Å². The summed E-state index contributed by atoms with van der Waals surface area (Å²) in [5.74, 6) is -0.806. The van der Waals surface area contributed by atoms with Gasteiger partial charge in [-0.1, -0.05) is 32.0 Å². The number of ether oxygens (including phenoxy) is 1. The van der Waals surface area contributed by atoms with Crippen molar-refractivity contribution in [2.75, 3.05) is 10.6 Å². The van der Waals surface area contributed by atoms with Crippen molar-refractivity contribution < 1.29 is 19.1 Å². The maximum absolute atomic E-state index is 12.5. The molecular weight excluding hydrogens is 358 g/mol. The minimum Gasteiger partial charge on any atom is -0.449 e. The number of para-hydroxylation sites is 1. The monoisotopic (exact) mass is 383 g/mol. The lowest BCUT2D eigenvalue weighted by atomic mass is 9.98. The Bertz CT molecular complexity index is 876. The molecule has 7 heteroatoms. The first-order valence-corrected chi connectivity index (χ1v) is 8.97. The Labute approximate surface area is 164 Å². The molecule has 1 atom stereocenters. The van der Waals surface area contributed by atoms with Gasteiger partial charge < -0.3 is 21.1 Å². The van der Waals surface area contributed by atoms with Crippen molar-refractivity contribution in [3.05, 3.63) is 59.2 Å². The van der Waals surface area contributed by atoms with Crippen LogP contribution in [-0.2, 0) is 9.53 Å². The van der Waals surface area contributed by atoms with E-state index >= 15 is 0 Å². The predicted molar refractivity (Wildman–Crippen MR) is 108 cm³/mol. The minimum atomic E-state index is -0.976. The summed E-state index contributed by atoms with van der Waals surface area (Å²) in [6, 6.07) is 11.1. The van der Waals surface area contributed by atoms with Crippen molar-refractivity contribution in [3.63, 3.8) is 0 Å². The average Bonchev–Trinajstić information content (AvgIpc) is 2.63. The Hall–Kier alpha value is -3.35. The molecule has 7 nitrogen and oxygen atoms in total.